The van der Waals surface area contributed by atoms with Crippen LogP contribution in [0.15, 0.2) is 359 Å². The molecule has 93 heavy (non-hydrogen) atoms. The zero-order valence-electron chi connectivity index (χ0n) is 50.6. The van der Waals surface area contributed by atoms with E-state index < -0.39 is 5.41 Å². The van der Waals surface area contributed by atoms with Gasteiger partial charge in [-0.05, 0) is 170 Å². The van der Waals surface area contributed by atoms with Crippen molar-refractivity contribution in [2.24, 2.45) is 0 Å². The van der Waals surface area contributed by atoms with Crippen LogP contribution in [0.25, 0.3) is 11.1 Å². The molecule has 14 aromatic carbocycles. The third-order valence-corrected chi connectivity index (χ3v) is 22.0. The lowest BCUT2D eigenvalue weighted by Crippen LogP contribution is -2.64. The van der Waals surface area contributed by atoms with Crippen LogP contribution in [-0.2, 0) is 5.41 Å². The molecule has 14 aromatic rings. The molecule has 19 rings (SSSR count). The van der Waals surface area contributed by atoms with Crippen molar-refractivity contribution in [2.45, 2.75) is 25.0 Å². The van der Waals surface area contributed by atoms with Gasteiger partial charge in [0.05, 0.1) is 11.1 Å². The van der Waals surface area contributed by atoms with Crippen LogP contribution in [0.2, 0.25) is 0 Å². The van der Waals surface area contributed by atoms with Crippen molar-refractivity contribution in [2.75, 3.05) is 19.6 Å². The van der Waals surface area contributed by atoms with Crippen LogP contribution >= 0.6 is 23.5 Å². The summed E-state index contributed by atoms with van der Waals surface area (Å²) in [6.07, 6.45) is 0. The van der Waals surface area contributed by atoms with Gasteiger partial charge in [0.25, 0.3) is 6.71 Å². The Morgan fingerprint density at radius 2 is 0.710 bits per heavy atom. The van der Waals surface area contributed by atoms with Gasteiger partial charge in [0, 0.05) is 82.1 Å². The van der Waals surface area contributed by atoms with Crippen molar-refractivity contribution in [3.05, 3.63) is 362 Å². The number of rotatable bonds is 10. The lowest BCUT2D eigenvalue weighted by atomic mass is 9.31. The molecule has 0 unspecified atom stereocenters. The third-order valence-electron chi connectivity index (χ3n) is 19.7. The first-order valence-electron chi connectivity index (χ1n) is 32.0. The second-order valence-corrected chi connectivity index (χ2v) is 26.8. The summed E-state index contributed by atoms with van der Waals surface area (Å²) in [5.74, 6) is 0. The summed E-state index contributed by atoms with van der Waals surface area (Å²) in [6.45, 7) is -0.142. The molecule has 8 heteroatoms. The fourth-order valence-corrected chi connectivity index (χ4v) is 18.5. The van der Waals surface area contributed by atoms with Crippen LogP contribution in [0.1, 0.15) is 22.3 Å². The van der Waals surface area contributed by atoms with E-state index in [4.69, 9.17) is 0 Å². The van der Waals surface area contributed by atoms with E-state index in [9.17, 15) is 0 Å². The average molecular weight is 1220 g/mol. The van der Waals surface area contributed by atoms with E-state index in [1.807, 2.05) is 23.5 Å². The van der Waals surface area contributed by atoms with Crippen molar-refractivity contribution in [3.8, 4) is 11.1 Å². The summed E-state index contributed by atoms with van der Waals surface area (Å²) < 4.78 is 0. The van der Waals surface area contributed by atoms with E-state index in [0.29, 0.717) is 0 Å². The minimum Gasteiger partial charge on any atom is -0.311 e. The first kappa shape index (κ1) is 53.9. The Kier molecular flexibility index (Phi) is 12.5. The first-order chi connectivity index (χ1) is 46.2. The Morgan fingerprint density at radius 3 is 1.30 bits per heavy atom. The predicted molar refractivity (Wildman–Crippen MR) is 393 cm³/mol. The summed E-state index contributed by atoms with van der Waals surface area (Å²) in [5.41, 5.74) is 28.4. The maximum atomic E-state index is 2.66. The third kappa shape index (κ3) is 8.31. The van der Waals surface area contributed by atoms with Crippen LogP contribution in [0.5, 0.6) is 0 Å². The Balaban J connectivity index is 0.909. The Morgan fingerprint density at radius 1 is 0.258 bits per heavy atom. The molecule has 4 heterocycles. The molecule has 0 bridgehead atoms. The van der Waals surface area contributed by atoms with Crippen LogP contribution in [-0.4, -0.2) is 13.4 Å². The smallest absolute Gasteiger partial charge is 0.252 e. The number of fused-ring (bicyclic) bond motifs is 11. The van der Waals surface area contributed by atoms with Gasteiger partial charge in [0.2, 0.25) is 6.71 Å². The van der Waals surface area contributed by atoms with Gasteiger partial charge in [0.15, 0.2) is 0 Å². The van der Waals surface area contributed by atoms with Gasteiger partial charge in [0.1, 0.15) is 0 Å². The highest BCUT2D eigenvalue weighted by atomic mass is 32.2. The summed E-state index contributed by atoms with van der Waals surface area (Å²) in [5, 5.41) is 0. The molecule has 0 saturated carbocycles. The molecule has 0 atom stereocenters. The lowest BCUT2D eigenvalue weighted by Gasteiger charge is -2.46. The normalized spacial score (nSPS) is 13.7. The minimum atomic E-state index is -0.561. The number of para-hydroxylation sites is 6. The number of nitrogens with zero attached hydrogens (tertiary/aromatic N) is 4. The summed E-state index contributed by atoms with van der Waals surface area (Å²) in [6, 6.07) is 127. The average Bonchev–Trinajstić information content (AvgIpc) is 0.735. The highest BCUT2D eigenvalue weighted by Crippen LogP contribution is 2.58. The molecule has 434 valence electrons. The fourth-order valence-electron chi connectivity index (χ4n) is 16.0. The fraction of sp³-hybridized carbons (Fsp3) is 0.0118. The minimum absolute atomic E-state index is 0.00723. The van der Waals surface area contributed by atoms with Crippen LogP contribution in [0, 0.1) is 0 Å². The first-order valence-corrected chi connectivity index (χ1v) is 33.7. The molecule has 4 aliphatic heterocycles. The molecule has 0 radical (unpaired) electrons. The zero-order chi connectivity index (χ0) is 61.1. The van der Waals surface area contributed by atoms with Crippen LogP contribution in [0.3, 0.4) is 0 Å². The largest absolute Gasteiger partial charge is 0.311 e. The highest BCUT2D eigenvalue weighted by Gasteiger charge is 2.49. The molecule has 0 amide bonds. The molecular weight excluding hydrogens is 1160 g/mol. The van der Waals surface area contributed by atoms with Gasteiger partial charge in [-0.25, -0.2) is 0 Å². The van der Waals surface area contributed by atoms with Gasteiger partial charge in [-0.3, -0.25) is 0 Å². The topological polar surface area (TPSA) is 13.0 Å². The number of hydrogen-bond donors (Lipinski definition) is 0. The Hall–Kier alpha value is -10.9. The van der Waals surface area contributed by atoms with Crippen molar-refractivity contribution >= 4 is 138 Å². The van der Waals surface area contributed by atoms with Gasteiger partial charge in [-0.15, -0.1) is 0 Å². The predicted octanol–water partition coefficient (Wildman–Crippen LogP) is 18.5. The summed E-state index contributed by atoms with van der Waals surface area (Å²) in [4.78, 5) is 15.2. The quantitative estimate of drug-likeness (QED) is 0.126. The van der Waals surface area contributed by atoms with Gasteiger partial charge in [-0.2, -0.15) is 0 Å². The van der Waals surface area contributed by atoms with Crippen molar-refractivity contribution in [3.63, 3.8) is 0 Å². The van der Waals surface area contributed by atoms with E-state index >= 15 is 0 Å². The lowest BCUT2D eigenvalue weighted by molar-refractivity contribution is 0.768. The second kappa shape index (κ2) is 21.6. The van der Waals surface area contributed by atoms with E-state index in [1.54, 1.807) is 0 Å². The van der Waals surface area contributed by atoms with E-state index in [1.165, 1.54) is 97.1 Å². The van der Waals surface area contributed by atoms with E-state index in [-0.39, 0.29) is 13.4 Å². The van der Waals surface area contributed by atoms with Crippen molar-refractivity contribution in [1.29, 1.82) is 0 Å². The molecule has 0 aromatic heterocycles. The molecular formula is C85H56B2N4S2. The monoisotopic (exact) mass is 1220 g/mol. The molecule has 4 nitrogen and oxygen atoms in total. The van der Waals surface area contributed by atoms with Gasteiger partial charge >= 0.3 is 0 Å². The number of hydrogen-bond acceptors (Lipinski definition) is 6. The highest BCUT2D eigenvalue weighted by molar-refractivity contribution is 8.01. The molecule has 0 spiro atoms. The molecule has 5 aliphatic rings. The standard InChI is InChI=1S/C85H56B2N4S2/c1-8-28-57(29-9-1)85(58-30-10-2-11-31-58)69-43-23-22-42-67(69)68-50-64(48-49-70(68)85)91-76-56-80-74(87-72-45-25-27-47-79(72)92-81-53-66(54-82(93-80)84(81)87)89(61-36-16-5-17-37-61)62-38-18-6-19-39-62)55-73(76)86-71-44-24-26-46-75(71)90(63-40-20-7-21-41-63)77-51-65(52-78(91)83(77)86)88(59-32-12-3-13-33-59)60-34-14-4-15-35-60/h1-56H. The number of benzene rings is 14. The second-order valence-electron chi connectivity index (χ2n) is 24.6. The van der Waals surface area contributed by atoms with Crippen LogP contribution in [0.4, 0.5) is 68.2 Å². The molecule has 0 fully saturated rings. The molecule has 0 N–H and O–H groups in total. The van der Waals surface area contributed by atoms with E-state index in [2.05, 4.69) is 359 Å². The molecule has 0 saturated heterocycles. The summed E-state index contributed by atoms with van der Waals surface area (Å²) in [7, 11) is 0. The summed E-state index contributed by atoms with van der Waals surface area (Å²) >= 11 is 3.84. The maximum absolute atomic E-state index is 2.66. The van der Waals surface area contributed by atoms with Crippen molar-refractivity contribution in [1.82, 2.24) is 0 Å². The maximum Gasteiger partial charge on any atom is 0.252 e. The van der Waals surface area contributed by atoms with Crippen molar-refractivity contribution < 1.29 is 0 Å². The Bertz CT molecular complexity index is 5140. The van der Waals surface area contributed by atoms with Crippen LogP contribution < -0.4 is 52.4 Å². The number of anilines is 12. The Labute approximate surface area is 551 Å². The SMILES string of the molecule is c1ccc(N(c2ccccc2)c2cc3c4c(c2)Sc2cc5c(cc2B4c2ccccc2S3)B2c3ccccc3N(c3ccccc3)c3cc(N(c4ccccc4)c4ccccc4)cc(c32)N5c2ccc3c(c2)-c2ccccc2C3(c2ccccc2)c2ccccc2)cc1. The van der Waals surface area contributed by atoms with Gasteiger partial charge in [-0.1, -0.05) is 259 Å². The van der Waals surface area contributed by atoms with Gasteiger partial charge < -0.3 is 19.6 Å². The van der Waals surface area contributed by atoms with E-state index in [0.717, 1.165) is 56.9 Å². The zero-order valence-corrected chi connectivity index (χ0v) is 52.2. The molecule has 1 aliphatic carbocycles.